The van der Waals surface area contributed by atoms with E-state index in [1.807, 2.05) is 19.3 Å². The maximum atomic E-state index is 8.73. The number of aryl methyl sites for hydroxylation is 1. The molecule has 2 rings (SSSR count). The van der Waals surface area contributed by atoms with Crippen molar-refractivity contribution in [3.8, 4) is 6.07 Å². The number of hydrogen-bond donors (Lipinski definition) is 1. The van der Waals surface area contributed by atoms with E-state index in [-0.39, 0.29) is 0 Å². The third kappa shape index (κ3) is 2.15. The minimum Gasteiger partial charge on any atom is -0.353 e. The van der Waals surface area contributed by atoms with Crippen molar-refractivity contribution < 1.29 is 0 Å². The van der Waals surface area contributed by atoms with Crippen LogP contribution in [0.1, 0.15) is 5.56 Å². The molecule has 2 aromatic rings. The van der Waals surface area contributed by atoms with Crippen molar-refractivity contribution in [1.82, 2.24) is 9.78 Å². The number of nitrogens with one attached hydrogen (secondary N) is 1. The molecule has 0 saturated carbocycles. The van der Waals surface area contributed by atoms with Gasteiger partial charge in [-0.25, -0.2) is 0 Å². The van der Waals surface area contributed by atoms with E-state index in [0.717, 1.165) is 11.4 Å². The maximum Gasteiger partial charge on any atom is 0.101 e. The summed E-state index contributed by atoms with van der Waals surface area (Å²) in [7, 11) is 1.84. The lowest BCUT2D eigenvalue weighted by molar-refractivity contribution is 0.768. The Balaban J connectivity index is 2.23. The molecule has 1 N–H and O–H groups in total. The molecule has 16 heavy (non-hydrogen) atoms. The number of hydrogen-bond acceptors (Lipinski definition) is 3. The minimum absolute atomic E-state index is 0.441. The average molecular weight is 233 g/mol. The summed E-state index contributed by atoms with van der Waals surface area (Å²) in [6, 6.07) is 7.21. The Morgan fingerprint density at radius 3 is 2.81 bits per heavy atom. The van der Waals surface area contributed by atoms with Crippen LogP contribution in [0, 0.1) is 11.3 Å². The molecule has 0 aliphatic rings. The molecule has 1 aromatic heterocycles. The van der Waals surface area contributed by atoms with E-state index in [1.165, 1.54) is 0 Å². The van der Waals surface area contributed by atoms with Crippen molar-refractivity contribution in [3.63, 3.8) is 0 Å². The van der Waals surface area contributed by atoms with Crippen molar-refractivity contribution in [1.29, 1.82) is 5.26 Å². The molecule has 0 fully saturated rings. The quantitative estimate of drug-likeness (QED) is 0.866. The van der Waals surface area contributed by atoms with Crippen molar-refractivity contribution in [3.05, 3.63) is 41.2 Å². The maximum absolute atomic E-state index is 8.73. The van der Waals surface area contributed by atoms with Crippen LogP contribution in [0.4, 0.5) is 11.4 Å². The van der Waals surface area contributed by atoms with Crippen LogP contribution in [0.5, 0.6) is 0 Å². The Morgan fingerprint density at radius 2 is 2.25 bits per heavy atom. The van der Waals surface area contributed by atoms with Crippen LogP contribution >= 0.6 is 11.6 Å². The Morgan fingerprint density at radius 1 is 1.44 bits per heavy atom. The Hall–Kier alpha value is -1.99. The topological polar surface area (TPSA) is 53.6 Å². The highest BCUT2D eigenvalue weighted by Gasteiger charge is 2.02. The highest BCUT2D eigenvalue weighted by Crippen LogP contribution is 2.22. The van der Waals surface area contributed by atoms with E-state index in [2.05, 4.69) is 10.4 Å². The standard InChI is InChI=1S/C11H9ClN4/c1-16-7-10(6-14-16)15-9-3-2-8(5-13)11(12)4-9/h2-4,6-7,15H,1H3. The van der Waals surface area contributed by atoms with Gasteiger partial charge in [-0.3, -0.25) is 4.68 Å². The number of aromatic nitrogens is 2. The van der Waals surface area contributed by atoms with Gasteiger partial charge in [-0.1, -0.05) is 11.6 Å². The summed E-state index contributed by atoms with van der Waals surface area (Å²) in [6.45, 7) is 0. The first-order valence-corrected chi connectivity index (χ1v) is 5.02. The van der Waals surface area contributed by atoms with Crippen molar-refractivity contribution in [2.45, 2.75) is 0 Å². The summed E-state index contributed by atoms with van der Waals surface area (Å²) in [6.07, 6.45) is 3.57. The van der Waals surface area contributed by atoms with Gasteiger partial charge in [0.2, 0.25) is 0 Å². The van der Waals surface area contributed by atoms with Gasteiger partial charge in [0.05, 0.1) is 22.5 Å². The fraction of sp³-hybridized carbons (Fsp3) is 0.0909. The second kappa shape index (κ2) is 4.25. The van der Waals surface area contributed by atoms with Crippen LogP contribution in [0.25, 0.3) is 0 Å². The lowest BCUT2D eigenvalue weighted by atomic mass is 10.2. The molecule has 0 radical (unpaired) electrons. The normalized spacial score (nSPS) is 9.81. The molecular weight excluding hydrogens is 224 g/mol. The Labute approximate surface area is 98.1 Å². The Kier molecular flexibility index (Phi) is 2.80. The summed E-state index contributed by atoms with van der Waals surface area (Å²) in [5.74, 6) is 0. The van der Waals surface area contributed by atoms with Gasteiger partial charge in [0.1, 0.15) is 6.07 Å². The lowest BCUT2D eigenvalue weighted by Crippen LogP contribution is -1.89. The van der Waals surface area contributed by atoms with E-state index in [4.69, 9.17) is 16.9 Å². The molecule has 0 amide bonds. The van der Waals surface area contributed by atoms with Gasteiger partial charge in [-0.15, -0.1) is 0 Å². The van der Waals surface area contributed by atoms with E-state index < -0.39 is 0 Å². The number of rotatable bonds is 2. The molecule has 5 heteroatoms. The van der Waals surface area contributed by atoms with Crippen molar-refractivity contribution in [2.24, 2.45) is 7.05 Å². The summed E-state index contributed by atoms with van der Waals surface area (Å²) >= 11 is 5.92. The highest BCUT2D eigenvalue weighted by atomic mass is 35.5. The summed E-state index contributed by atoms with van der Waals surface area (Å²) < 4.78 is 1.70. The average Bonchev–Trinajstić information content (AvgIpc) is 2.64. The van der Waals surface area contributed by atoms with Gasteiger partial charge in [0, 0.05) is 18.9 Å². The molecule has 0 bridgehead atoms. The molecule has 0 atom stereocenters. The van der Waals surface area contributed by atoms with Crippen LogP contribution in [0.15, 0.2) is 30.6 Å². The molecule has 1 aromatic carbocycles. The van der Waals surface area contributed by atoms with E-state index >= 15 is 0 Å². The highest BCUT2D eigenvalue weighted by molar-refractivity contribution is 6.32. The monoisotopic (exact) mass is 232 g/mol. The predicted molar refractivity (Wildman–Crippen MR) is 62.7 cm³/mol. The number of anilines is 2. The SMILES string of the molecule is Cn1cc(Nc2ccc(C#N)c(Cl)c2)cn1. The summed E-state index contributed by atoms with van der Waals surface area (Å²) in [5.41, 5.74) is 2.18. The summed E-state index contributed by atoms with van der Waals surface area (Å²) in [5, 5.41) is 16.4. The second-order valence-corrected chi connectivity index (χ2v) is 3.74. The zero-order chi connectivity index (χ0) is 11.5. The van der Waals surface area contributed by atoms with Crippen LogP contribution < -0.4 is 5.32 Å². The third-order valence-electron chi connectivity index (χ3n) is 2.08. The number of nitrogens with zero attached hydrogens (tertiary/aromatic N) is 3. The van der Waals surface area contributed by atoms with Crippen molar-refractivity contribution >= 4 is 23.0 Å². The van der Waals surface area contributed by atoms with E-state index in [9.17, 15) is 0 Å². The Bertz CT molecular complexity index is 553. The fourth-order valence-corrected chi connectivity index (χ4v) is 1.56. The van der Waals surface area contributed by atoms with Gasteiger partial charge in [0.15, 0.2) is 0 Å². The number of halogens is 1. The molecule has 0 saturated heterocycles. The van der Waals surface area contributed by atoms with E-state index in [1.54, 1.807) is 29.1 Å². The minimum atomic E-state index is 0.441. The van der Waals surface area contributed by atoms with Crippen LogP contribution in [-0.2, 0) is 7.05 Å². The lowest BCUT2D eigenvalue weighted by Gasteiger charge is -2.04. The summed E-state index contributed by atoms with van der Waals surface area (Å²) in [4.78, 5) is 0. The molecule has 0 aliphatic heterocycles. The van der Waals surface area contributed by atoms with E-state index in [0.29, 0.717) is 10.6 Å². The molecule has 0 unspecified atom stereocenters. The zero-order valence-electron chi connectivity index (χ0n) is 8.61. The zero-order valence-corrected chi connectivity index (χ0v) is 9.36. The second-order valence-electron chi connectivity index (χ2n) is 3.33. The number of nitriles is 1. The van der Waals surface area contributed by atoms with Crippen LogP contribution in [0.3, 0.4) is 0 Å². The van der Waals surface area contributed by atoms with Gasteiger partial charge in [-0.2, -0.15) is 10.4 Å². The smallest absolute Gasteiger partial charge is 0.101 e. The van der Waals surface area contributed by atoms with Gasteiger partial charge < -0.3 is 5.32 Å². The molecule has 1 heterocycles. The number of benzene rings is 1. The van der Waals surface area contributed by atoms with Crippen LogP contribution in [-0.4, -0.2) is 9.78 Å². The third-order valence-corrected chi connectivity index (χ3v) is 2.40. The van der Waals surface area contributed by atoms with Crippen LogP contribution in [0.2, 0.25) is 5.02 Å². The largest absolute Gasteiger partial charge is 0.353 e. The first-order valence-electron chi connectivity index (χ1n) is 4.64. The van der Waals surface area contributed by atoms with Gasteiger partial charge in [-0.05, 0) is 18.2 Å². The molecule has 80 valence electrons. The van der Waals surface area contributed by atoms with Gasteiger partial charge >= 0.3 is 0 Å². The molecule has 0 aliphatic carbocycles. The first kappa shape index (κ1) is 10.5. The van der Waals surface area contributed by atoms with Gasteiger partial charge in [0.25, 0.3) is 0 Å². The fourth-order valence-electron chi connectivity index (χ4n) is 1.34. The first-order chi connectivity index (χ1) is 7.69. The van der Waals surface area contributed by atoms with Crippen molar-refractivity contribution in [2.75, 3.05) is 5.32 Å². The molecule has 0 spiro atoms. The molecule has 4 nitrogen and oxygen atoms in total. The predicted octanol–water partition coefficient (Wildman–Crippen LogP) is 2.69. The molecular formula is C11H9ClN4.